The molecular formula is C9H20. The number of hydrogen-bond acceptors (Lipinski definition) is 0. The van der Waals surface area contributed by atoms with Crippen LogP contribution < -0.4 is 0 Å². The maximum atomic E-state index is 2.28. The molecule has 0 atom stereocenters. The Morgan fingerprint density at radius 2 is 1.56 bits per heavy atom. The zero-order valence-electron chi connectivity index (χ0n) is 7.11. The minimum Gasteiger partial charge on any atom is -0.0656 e. The largest absolute Gasteiger partial charge is 0.0656 e. The molecule has 0 aromatic carbocycles. The summed E-state index contributed by atoms with van der Waals surface area (Å²) in [4.78, 5) is 0. The Kier molecular flexibility index (Phi) is 6.12. The van der Waals surface area contributed by atoms with Crippen LogP contribution >= 0.6 is 0 Å². The molecule has 0 amide bonds. The lowest BCUT2D eigenvalue weighted by molar-refractivity contribution is 0.307. The van der Waals surface area contributed by atoms with Gasteiger partial charge in [-0.25, -0.2) is 0 Å². The van der Waals surface area contributed by atoms with Crippen molar-refractivity contribution in [1.29, 1.82) is 0 Å². The maximum absolute atomic E-state index is 2.28. The van der Waals surface area contributed by atoms with Gasteiger partial charge in [0.25, 0.3) is 0 Å². The molecule has 0 unspecified atom stereocenters. The normalized spacial score (nSPS) is 17.7. The van der Waals surface area contributed by atoms with Gasteiger partial charge in [0, 0.05) is 0 Å². The van der Waals surface area contributed by atoms with E-state index in [1.807, 2.05) is 0 Å². The first-order chi connectivity index (χ1) is 4.35. The van der Waals surface area contributed by atoms with Gasteiger partial charge in [-0.1, -0.05) is 52.9 Å². The van der Waals surface area contributed by atoms with Crippen LogP contribution in [0.3, 0.4) is 0 Å². The topological polar surface area (TPSA) is 0 Å². The van der Waals surface area contributed by atoms with E-state index < -0.39 is 0 Å². The van der Waals surface area contributed by atoms with E-state index in [4.69, 9.17) is 0 Å². The number of hydrogen-bond donors (Lipinski definition) is 0. The van der Waals surface area contributed by atoms with Crippen molar-refractivity contribution in [1.82, 2.24) is 0 Å². The van der Waals surface area contributed by atoms with E-state index in [0.29, 0.717) is 0 Å². The van der Waals surface area contributed by atoms with Gasteiger partial charge in [-0.3, -0.25) is 0 Å². The molecule has 0 nitrogen and oxygen atoms in total. The molecule has 0 N–H and O–H groups in total. The minimum absolute atomic E-state index is 1.12. The summed E-state index contributed by atoms with van der Waals surface area (Å²) in [5.41, 5.74) is 0. The second kappa shape index (κ2) is 6.12. The lowest BCUT2D eigenvalue weighted by Crippen LogP contribution is -2.08. The van der Waals surface area contributed by atoms with Crippen LogP contribution in [-0.4, -0.2) is 0 Å². The zero-order chi connectivity index (χ0) is 7.11. The molecule has 0 saturated heterocycles. The number of rotatable bonds is 1. The summed E-state index contributed by atoms with van der Waals surface area (Å²) in [7, 11) is 0. The second-order valence-electron chi connectivity index (χ2n) is 2.91. The SMILES string of the molecule is CCC.CCC1CCC1. The van der Waals surface area contributed by atoms with Crippen molar-refractivity contribution in [3.05, 3.63) is 0 Å². The summed E-state index contributed by atoms with van der Waals surface area (Å²) in [6, 6.07) is 0. The summed E-state index contributed by atoms with van der Waals surface area (Å²) in [5.74, 6) is 1.12. The zero-order valence-corrected chi connectivity index (χ0v) is 7.11. The van der Waals surface area contributed by atoms with Gasteiger partial charge in [-0.05, 0) is 5.92 Å². The lowest BCUT2D eigenvalue weighted by Gasteiger charge is -2.22. The molecule has 1 aliphatic rings. The Labute approximate surface area is 59.7 Å². The Morgan fingerprint density at radius 1 is 1.11 bits per heavy atom. The van der Waals surface area contributed by atoms with E-state index in [2.05, 4.69) is 20.8 Å². The highest BCUT2D eigenvalue weighted by Gasteiger charge is 2.13. The van der Waals surface area contributed by atoms with E-state index >= 15 is 0 Å². The molecular weight excluding hydrogens is 108 g/mol. The first-order valence-corrected chi connectivity index (χ1v) is 4.35. The molecule has 1 rings (SSSR count). The molecule has 56 valence electrons. The van der Waals surface area contributed by atoms with Gasteiger partial charge in [-0.15, -0.1) is 0 Å². The van der Waals surface area contributed by atoms with Crippen molar-refractivity contribution in [3.8, 4) is 0 Å². The van der Waals surface area contributed by atoms with Gasteiger partial charge in [0.15, 0.2) is 0 Å². The Morgan fingerprint density at radius 3 is 1.56 bits per heavy atom. The monoisotopic (exact) mass is 128 g/mol. The van der Waals surface area contributed by atoms with Crippen LogP contribution in [0.25, 0.3) is 0 Å². The quantitative estimate of drug-likeness (QED) is 0.506. The van der Waals surface area contributed by atoms with Gasteiger partial charge >= 0.3 is 0 Å². The van der Waals surface area contributed by atoms with Crippen molar-refractivity contribution in [3.63, 3.8) is 0 Å². The van der Waals surface area contributed by atoms with Gasteiger partial charge in [0.1, 0.15) is 0 Å². The van der Waals surface area contributed by atoms with Gasteiger partial charge in [-0.2, -0.15) is 0 Å². The predicted octanol–water partition coefficient (Wildman–Crippen LogP) is 3.61. The van der Waals surface area contributed by atoms with Crippen LogP contribution in [0.5, 0.6) is 0 Å². The van der Waals surface area contributed by atoms with Crippen molar-refractivity contribution in [2.45, 2.75) is 52.9 Å². The average molecular weight is 128 g/mol. The van der Waals surface area contributed by atoms with Crippen molar-refractivity contribution in [2.75, 3.05) is 0 Å². The van der Waals surface area contributed by atoms with E-state index in [1.54, 1.807) is 0 Å². The third-order valence-corrected chi connectivity index (χ3v) is 1.80. The molecule has 0 bridgehead atoms. The summed E-state index contributed by atoms with van der Waals surface area (Å²) < 4.78 is 0. The fraction of sp³-hybridized carbons (Fsp3) is 1.00. The van der Waals surface area contributed by atoms with Gasteiger partial charge < -0.3 is 0 Å². The third-order valence-electron chi connectivity index (χ3n) is 1.80. The molecule has 0 aromatic rings. The molecule has 0 spiro atoms. The first-order valence-electron chi connectivity index (χ1n) is 4.35. The van der Waals surface area contributed by atoms with Gasteiger partial charge in [0.2, 0.25) is 0 Å². The third kappa shape index (κ3) is 4.50. The fourth-order valence-electron chi connectivity index (χ4n) is 0.901. The van der Waals surface area contributed by atoms with Crippen LogP contribution in [0, 0.1) is 5.92 Å². The molecule has 1 fully saturated rings. The molecule has 1 aliphatic carbocycles. The van der Waals surface area contributed by atoms with Crippen LogP contribution in [0.1, 0.15) is 52.9 Å². The predicted molar refractivity (Wildman–Crippen MR) is 43.6 cm³/mol. The summed E-state index contributed by atoms with van der Waals surface area (Å²) in [6.07, 6.45) is 7.19. The Balaban J connectivity index is 0.000000187. The van der Waals surface area contributed by atoms with Crippen molar-refractivity contribution < 1.29 is 0 Å². The van der Waals surface area contributed by atoms with Crippen LogP contribution in [0.4, 0.5) is 0 Å². The van der Waals surface area contributed by atoms with Crippen LogP contribution in [0.15, 0.2) is 0 Å². The molecule has 0 radical (unpaired) electrons. The fourth-order valence-corrected chi connectivity index (χ4v) is 0.901. The summed E-state index contributed by atoms with van der Waals surface area (Å²) >= 11 is 0. The molecule has 0 aliphatic heterocycles. The Hall–Kier alpha value is 0. The lowest BCUT2D eigenvalue weighted by atomic mass is 9.84. The smallest absolute Gasteiger partial charge is 0.0417 e. The molecule has 9 heavy (non-hydrogen) atoms. The van der Waals surface area contributed by atoms with Crippen molar-refractivity contribution >= 4 is 0 Å². The average Bonchev–Trinajstić information content (AvgIpc) is 1.64. The van der Waals surface area contributed by atoms with Crippen LogP contribution in [0.2, 0.25) is 0 Å². The van der Waals surface area contributed by atoms with Crippen LogP contribution in [-0.2, 0) is 0 Å². The van der Waals surface area contributed by atoms with E-state index in [1.165, 1.54) is 32.1 Å². The minimum atomic E-state index is 1.12. The maximum Gasteiger partial charge on any atom is -0.0417 e. The highest BCUT2D eigenvalue weighted by atomic mass is 14.2. The molecule has 0 heteroatoms. The van der Waals surface area contributed by atoms with Gasteiger partial charge in [0.05, 0.1) is 0 Å². The summed E-state index contributed by atoms with van der Waals surface area (Å²) in [5, 5.41) is 0. The highest BCUT2D eigenvalue weighted by Crippen LogP contribution is 2.28. The van der Waals surface area contributed by atoms with E-state index in [0.717, 1.165) is 5.92 Å². The molecule has 1 saturated carbocycles. The second-order valence-corrected chi connectivity index (χ2v) is 2.91. The van der Waals surface area contributed by atoms with E-state index in [9.17, 15) is 0 Å². The summed E-state index contributed by atoms with van der Waals surface area (Å²) in [6.45, 7) is 6.53. The molecule has 0 aromatic heterocycles. The highest BCUT2D eigenvalue weighted by molar-refractivity contribution is 4.66. The van der Waals surface area contributed by atoms with Crippen molar-refractivity contribution in [2.24, 2.45) is 5.92 Å². The standard InChI is InChI=1S/C6H12.C3H8/c1-2-6-4-3-5-6;1-3-2/h6H,2-5H2,1H3;3H2,1-2H3. The van der Waals surface area contributed by atoms with E-state index in [-0.39, 0.29) is 0 Å². The first kappa shape index (κ1) is 9.00. The Bertz CT molecular complexity index is 41.2. The molecule has 0 heterocycles.